The summed E-state index contributed by atoms with van der Waals surface area (Å²) in [6.07, 6.45) is -1.79. The zero-order chi connectivity index (χ0) is 15.9. The first-order valence-corrected chi connectivity index (χ1v) is 6.68. The van der Waals surface area contributed by atoms with Gasteiger partial charge in [0.15, 0.2) is 5.65 Å². The predicted octanol–water partition coefficient (Wildman–Crippen LogP) is 1.11. The van der Waals surface area contributed by atoms with Gasteiger partial charge < -0.3 is 10.0 Å². The van der Waals surface area contributed by atoms with E-state index < -0.39 is 37.2 Å². The minimum absolute atomic E-state index is 0.230. The molecular weight excluding hydrogens is 301 g/mol. The van der Waals surface area contributed by atoms with Crippen LogP contribution in [0.3, 0.4) is 0 Å². The molecule has 2 atom stereocenters. The van der Waals surface area contributed by atoms with Crippen LogP contribution in [0.15, 0.2) is 24.7 Å². The van der Waals surface area contributed by atoms with Gasteiger partial charge in [-0.25, -0.2) is 0 Å². The first kappa shape index (κ1) is 14.8. The van der Waals surface area contributed by atoms with Gasteiger partial charge in [0.25, 0.3) is 5.91 Å². The highest BCUT2D eigenvalue weighted by Crippen LogP contribution is 2.37. The van der Waals surface area contributed by atoms with Crippen molar-refractivity contribution in [1.29, 1.82) is 0 Å². The molecule has 1 N–H and O–H groups in total. The van der Waals surface area contributed by atoms with Crippen LogP contribution in [0.2, 0.25) is 0 Å². The van der Waals surface area contributed by atoms with E-state index >= 15 is 0 Å². The number of hydrogen-bond acceptors (Lipinski definition) is 4. The van der Waals surface area contributed by atoms with Gasteiger partial charge in [-0.1, -0.05) is 0 Å². The van der Waals surface area contributed by atoms with Gasteiger partial charge in [0.2, 0.25) is 0 Å². The lowest BCUT2D eigenvalue weighted by molar-refractivity contribution is -0.170. The van der Waals surface area contributed by atoms with Crippen molar-refractivity contribution in [3.63, 3.8) is 0 Å². The number of likely N-dealkylation sites (tertiary alicyclic amines) is 1. The third-order valence-electron chi connectivity index (χ3n) is 3.89. The number of alkyl halides is 3. The number of nitrogens with zero attached hydrogens (tertiary/aromatic N) is 4. The van der Waals surface area contributed by atoms with Crippen LogP contribution < -0.4 is 0 Å². The third-order valence-corrected chi connectivity index (χ3v) is 3.89. The molecule has 0 aliphatic carbocycles. The smallest absolute Gasteiger partial charge is 0.393 e. The Labute approximate surface area is 123 Å². The van der Waals surface area contributed by atoms with E-state index in [0.717, 1.165) is 4.90 Å². The quantitative estimate of drug-likeness (QED) is 0.901. The van der Waals surface area contributed by atoms with Crippen LogP contribution in [0.25, 0.3) is 5.65 Å². The molecule has 2 aromatic heterocycles. The molecule has 0 radical (unpaired) electrons. The van der Waals surface area contributed by atoms with Gasteiger partial charge in [-0.2, -0.15) is 13.2 Å². The normalized spacial score (nSPS) is 22.5. The second-order valence-electron chi connectivity index (χ2n) is 5.28. The third kappa shape index (κ3) is 2.52. The highest BCUT2D eigenvalue weighted by Gasteiger charge is 2.48. The van der Waals surface area contributed by atoms with Gasteiger partial charge in [0.1, 0.15) is 6.33 Å². The summed E-state index contributed by atoms with van der Waals surface area (Å²) in [5.74, 6) is -2.14. The number of halogens is 3. The molecule has 0 bridgehead atoms. The van der Waals surface area contributed by atoms with Crippen molar-refractivity contribution >= 4 is 11.6 Å². The van der Waals surface area contributed by atoms with Gasteiger partial charge in [-0.05, 0) is 18.6 Å². The van der Waals surface area contributed by atoms with Crippen molar-refractivity contribution in [3.8, 4) is 0 Å². The molecule has 1 aliphatic rings. The number of rotatable bonds is 2. The molecule has 1 fully saturated rings. The Kier molecular flexibility index (Phi) is 3.51. The molecule has 6 nitrogen and oxygen atoms in total. The fourth-order valence-corrected chi connectivity index (χ4v) is 2.70. The predicted molar refractivity (Wildman–Crippen MR) is 69.1 cm³/mol. The molecule has 2 aromatic rings. The summed E-state index contributed by atoms with van der Waals surface area (Å²) in [6.45, 7) is -0.930. The summed E-state index contributed by atoms with van der Waals surface area (Å²) in [4.78, 5) is 13.5. The van der Waals surface area contributed by atoms with Crippen LogP contribution in [-0.4, -0.2) is 55.9 Å². The Morgan fingerprint density at radius 2 is 2.18 bits per heavy atom. The minimum Gasteiger partial charge on any atom is -0.394 e. The summed E-state index contributed by atoms with van der Waals surface area (Å²) in [7, 11) is 0. The fourth-order valence-electron chi connectivity index (χ4n) is 2.70. The van der Waals surface area contributed by atoms with Gasteiger partial charge in [-0.3, -0.25) is 9.20 Å². The molecule has 0 unspecified atom stereocenters. The van der Waals surface area contributed by atoms with E-state index in [9.17, 15) is 23.1 Å². The van der Waals surface area contributed by atoms with Gasteiger partial charge in [-0.15, -0.1) is 10.2 Å². The topological polar surface area (TPSA) is 70.7 Å². The molecule has 118 valence electrons. The van der Waals surface area contributed by atoms with E-state index in [4.69, 9.17) is 0 Å². The number of carbonyl (C=O) groups is 1. The molecule has 9 heteroatoms. The molecule has 22 heavy (non-hydrogen) atoms. The van der Waals surface area contributed by atoms with E-state index in [1.165, 1.54) is 23.0 Å². The maximum Gasteiger partial charge on any atom is 0.393 e. The number of carbonyl (C=O) groups excluding carboxylic acids is 1. The Hall–Kier alpha value is -2.16. The monoisotopic (exact) mass is 314 g/mol. The second-order valence-corrected chi connectivity index (χ2v) is 5.28. The van der Waals surface area contributed by atoms with E-state index in [0.29, 0.717) is 5.65 Å². The molecule has 0 spiro atoms. The number of hydrogen-bond donors (Lipinski definition) is 1. The molecule has 0 saturated carbocycles. The summed E-state index contributed by atoms with van der Waals surface area (Å²) in [5.41, 5.74) is 0.762. The maximum atomic E-state index is 12.8. The van der Waals surface area contributed by atoms with E-state index in [1.54, 1.807) is 6.07 Å². The maximum absolute atomic E-state index is 12.8. The molecule has 0 aromatic carbocycles. The molecule has 3 rings (SSSR count). The molecule has 3 heterocycles. The molecule has 1 aliphatic heterocycles. The van der Waals surface area contributed by atoms with Crippen molar-refractivity contribution in [2.45, 2.75) is 18.6 Å². The van der Waals surface area contributed by atoms with E-state index in [2.05, 4.69) is 10.2 Å². The van der Waals surface area contributed by atoms with Crippen LogP contribution in [0.4, 0.5) is 13.2 Å². The number of pyridine rings is 1. The van der Waals surface area contributed by atoms with Crippen LogP contribution >= 0.6 is 0 Å². The van der Waals surface area contributed by atoms with Gasteiger partial charge in [0.05, 0.1) is 24.1 Å². The number of amides is 1. The minimum atomic E-state index is -4.37. The second kappa shape index (κ2) is 5.24. The van der Waals surface area contributed by atoms with Gasteiger partial charge >= 0.3 is 6.18 Å². The Balaban J connectivity index is 1.86. The van der Waals surface area contributed by atoms with Crippen molar-refractivity contribution in [3.05, 3.63) is 30.2 Å². The molecular formula is C13H13F3N4O2. The van der Waals surface area contributed by atoms with Crippen molar-refractivity contribution in [2.24, 2.45) is 5.92 Å². The van der Waals surface area contributed by atoms with Crippen molar-refractivity contribution in [2.75, 3.05) is 13.2 Å². The lowest BCUT2D eigenvalue weighted by Gasteiger charge is -2.23. The van der Waals surface area contributed by atoms with Crippen LogP contribution in [-0.2, 0) is 0 Å². The summed E-state index contributed by atoms with van der Waals surface area (Å²) < 4.78 is 40.0. The standard InChI is InChI=1S/C13H13F3N4O2/c14-13(15,16)9-3-10(6-21)20(5-9)12(22)8-1-2-11-18-17-7-19(11)4-8/h1-2,4,7,9-10,21H,3,5-6H2/t9-,10-/m0/s1. The van der Waals surface area contributed by atoms with Crippen LogP contribution in [0, 0.1) is 5.92 Å². The first-order chi connectivity index (χ1) is 10.4. The summed E-state index contributed by atoms with van der Waals surface area (Å²) >= 11 is 0. The molecule has 1 amide bonds. The first-order valence-electron chi connectivity index (χ1n) is 6.68. The average molecular weight is 314 g/mol. The number of fused-ring (bicyclic) bond motifs is 1. The Morgan fingerprint density at radius 3 is 2.86 bits per heavy atom. The zero-order valence-corrected chi connectivity index (χ0v) is 11.4. The fraction of sp³-hybridized carbons (Fsp3) is 0.462. The Morgan fingerprint density at radius 1 is 1.41 bits per heavy atom. The lowest BCUT2D eigenvalue weighted by Crippen LogP contribution is -2.38. The number of aliphatic hydroxyl groups excluding tert-OH is 1. The number of aromatic nitrogens is 3. The highest BCUT2D eigenvalue weighted by atomic mass is 19.4. The largest absolute Gasteiger partial charge is 0.394 e. The van der Waals surface area contributed by atoms with Gasteiger partial charge in [0, 0.05) is 12.7 Å². The van der Waals surface area contributed by atoms with Crippen molar-refractivity contribution in [1.82, 2.24) is 19.5 Å². The average Bonchev–Trinajstić information content (AvgIpc) is 3.11. The van der Waals surface area contributed by atoms with Crippen LogP contribution in [0.1, 0.15) is 16.8 Å². The molecule has 1 saturated heterocycles. The highest BCUT2D eigenvalue weighted by molar-refractivity contribution is 5.94. The lowest BCUT2D eigenvalue weighted by atomic mass is 10.1. The zero-order valence-electron chi connectivity index (χ0n) is 11.4. The van der Waals surface area contributed by atoms with Crippen molar-refractivity contribution < 1.29 is 23.1 Å². The van der Waals surface area contributed by atoms with E-state index in [-0.39, 0.29) is 12.0 Å². The number of aliphatic hydroxyl groups is 1. The SMILES string of the molecule is O=C(c1ccc2nncn2c1)N1C[C@@H](C(F)(F)F)C[C@H]1CO. The van der Waals surface area contributed by atoms with E-state index in [1.807, 2.05) is 0 Å². The summed E-state index contributed by atoms with van der Waals surface area (Å²) in [5, 5.41) is 16.7. The summed E-state index contributed by atoms with van der Waals surface area (Å²) in [6, 6.07) is 2.23. The van der Waals surface area contributed by atoms with Crippen LogP contribution in [0.5, 0.6) is 0 Å². The Bertz CT molecular complexity index is 700.